The number of unbranched alkanes of at least 4 members (excludes halogenated alkanes) is 5. The molecule has 1 amide bonds. The van der Waals surface area contributed by atoms with Crippen LogP contribution in [0.4, 0.5) is 0 Å². The van der Waals surface area contributed by atoms with E-state index in [4.69, 9.17) is 5.11 Å². The number of nitrogens with one attached hydrogen (secondary N) is 1. The second kappa shape index (κ2) is 9.49. The lowest BCUT2D eigenvalue weighted by molar-refractivity contribution is -0.137. The zero-order chi connectivity index (χ0) is 11.5. The van der Waals surface area contributed by atoms with Crippen LogP contribution in [0.2, 0.25) is 0 Å². The Morgan fingerprint density at radius 1 is 1.00 bits per heavy atom. The van der Waals surface area contributed by atoms with Crippen LogP contribution < -0.4 is 5.32 Å². The van der Waals surface area contributed by atoms with Crippen molar-refractivity contribution in [1.82, 2.24) is 5.32 Å². The van der Waals surface area contributed by atoms with Gasteiger partial charge in [0.2, 0.25) is 5.91 Å². The fourth-order valence-corrected chi connectivity index (χ4v) is 1.37. The fraction of sp³-hybridized carbons (Fsp3) is 0.818. The Bertz CT molecular complexity index is 172. The minimum atomic E-state index is -0.708. The normalized spacial score (nSPS) is 9.93. The summed E-state index contributed by atoms with van der Waals surface area (Å²) in [5, 5.41) is 11.1. The molecule has 4 heteroatoms. The molecule has 2 N–H and O–H groups in total. The molecule has 0 aromatic carbocycles. The summed E-state index contributed by atoms with van der Waals surface area (Å²) in [4.78, 5) is 20.7. The monoisotopic (exact) mass is 215 g/mol. The zero-order valence-electron chi connectivity index (χ0n) is 9.42. The van der Waals surface area contributed by atoms with Gasteiger partial charge in [0, 0.05) is 19.9 Å². The second-order valence-corrected chi connectivity index (χ2v) is 3.75. The van der Waals surface area contributed by atoms with Crippen LogP contribution in [-0.4, -0.2) is 23.5 Å². The zero-order valence-corrected chi connectivity index (χ0v) is 9.42. The third-order valence-electron chi connectivity index (χ3n) is 2.19. The molecule has 0 heterocycles. The maximum atomic E-state index is 10.5. The summed E-state index contributed by atoms with van der Waals surface area (Å²) in [5.74, 6) is -0.683. The Hall–Kier alpha value is -1.06. The molecule has 0 saturated heterocycles. The first kappa shape index (κ1) is 13.9. The molecule has 0 saturated carbocycles. The fourth-order valence-electron chi connectivity index (χ4n) is 1.37. The first-order chi connectivity index (χ1) is 7.13. The average Bonchev–Trinajstić information content (AvgIpc) is 2.14. The number of hydrogen-bond donors (Lipinski definition) is 2. The predicted octanol–water partition coefficient (Wildman–Crippen LogP) is 1.94. The maximum Gasteiger partial charge on any atom is 0.303 e. The Morgan fingerprint density at radius 3 is 2.07 bits per heavy atom. The van der Waals surface area contributed by atoms with Crippen LogP contribution in [0.3, 0.4) is 0 Å². The van der Waals surface area contributed by atoms with E-state index in [1.807, 2.05) is 0 Å². The lowest BCUT2D eigenvalue weighted by Gasteiger charge is -2.02. The Kier molecular flexibility index (Phi) is 8.82. The highest BCUT2D eigenvalue weighted by Crippen LogP contribution is 2.06. The lowest BCUT2D eigenvalue weighted by Crippen LogP contribution is -2.20. The van der Waals surface area contributed by atoms with Gasteiger partial charge in [0.15, 0.2) is 0 Å². The predicted molar refractivity (Wildman–Crippen MR) is 58.6 cm³/mol. The van der Waals surface area contributed by atoms with Gasteiger partial charge in [-0.05, 0) is 12.8 Å². The minimum Gasteiger partial charge on any atom is -0.481 e. The molecule has 0 aliphatic carbocycles. The van der Waals surface area contributed by atoms with Gasteiger partial charge < -0.3 is 10.4 Å². The van der Waals surface area contributed by atoms with Crippen molar-refractivity contribution in [3.63, 3.8) is 0 Å². The Labute approximate surface area is 91.1 Å². The van der Waals surface area contributed by atoms with Crippen molar-refractivity contribution >= 4 is 11.9 Å². The van der Waals surface area contributed by atoms with E-state index < -0.39 is 5.97 Å². The van der Waals surface area contributed by atoms with Gasteiger partial charge in [0.1, 0.15) is 0 Å². The summed E-state index contributed by atoms with van der Waals surface area (Å²) < 4.78 is 0. The third-order valence-corrected chi connectivity index (χ3v) is 2.19. The minimum absolute atomic E-state index is 0.0245. The number of hydrogen-bond acceptors (Lipinski definition) is 2. The smallest absolute Gasteiger partial charge is 0.303 e. The lowest BCUT2D eigenvalue weighted by atomic mass is 10.1. The van der Waals surface area contributed by atoms with Crippen LogP contribution in [-0.2, 0) is 9.59 Å². The molecule has 0 fully saturated rings. The number of amides is 1. The van der Waals surface area contributed by atoms with Crippen LogP contribution in [0.1, 0.15) is 51.9 Å². The Morgan fingerprint density at radius 2 is 1.53 bits per heavy atom. The average molecular weight is 215 g/mol. The van der Waals surface area contributed by atoms with Gasteiger partial charge in [-0.25, -0.2) is 0 Å². The van der Waals surface area contributed by atoms with Crippen molar-refractivity contribution in [3.05, 3.63) is 0 Å². The molecule has 0 atom stereocenters. The molecule has 0 unspecified atom stereocenters. The van der Waals surface area contributed by atoms with E-state index in [2.05, 4.69) is 5.32 Å². The van der Waals surface area contributed by atoms with E-state index in [1.165, 1.54) is 6.92 Å². The number of rotatable bonds is 9. The quantitative estimate of drug-likeness (QED) is 0.578. The summed E-state index contributed by atoms with van der Waals surface area (Å²) in [7, 11) is 0. The van der Waals surface area contributed by atoms with Gasteiger partial charge in [-0.15, -0.1) is 0 Å². The van der Waals surface area contributed by atoms with Gasteiger partial charge in [-0.3, -0.25) is 9.59 Å². The second-order valence-electron chi connectivity index (χ2n) is 3.75. The highest BCUT2D eigenvalue weighted by molar-refractivity contribution is 5.72. The van der Waals surface area contributed by atoms with E-state index in [-0.39, 0.29) is 12.3 Å². The first-order valence-corrected chi connectivity index (χ1v) is 5.59. The molecule has 88 valence electrons. The molecule has 0 radical (unpaired) electrons. The van der Waals surface area contributed by atoms with Gasteiger partial charge in [0.25, 0.3) is 0 Å². The summed E-state index contributed by atoms with van der Waals surface area (Å²) in [5.41, 5.74) is 0. The van der Waals surface area contributed by atoms with E-state index in [9.17, 15) is 9.59 Å². The molecular formula is C11H21NO3. The number of carboxylic acids is 1. The molecule has 0 aromatic heterocycles. The summed E-state index contributed by atoms with van der Waals surface area (Å²) >= 11 is 0. The highest BCUT2D eigenvalue weighted by atomic mass is 16.4. The standard InChI is InChI=1S/C11H21NO3/c1-10(13)12-9-7-5-3-2-4-6-8-11(14)15/h2-9H2,1H3,(H,12,13)(H,14,15). The maximum absolute atomic E-state index is 10.5. The van der Waals surface area contributed by atoms with Crippen LogP contribution in [0.5, 0.6) is 0 Å². The molecule has 0 bridgehead atoms. The van der Waals surface area contributed by atoms with Gasteiger partial charge in [-0.2, -0.15) is 0 Å². The number of carbonyl (C=O) groups is 2. The molecule has 0 aromatic rings. The van der Waals surface area contributed by atoms with Gasteiger partial charge in [-0.1, -0.05) is 25.7 Å². The van der Waals surface area contributed by atoms with Crippen molar-refractivity contribution in [3.8, 4) is 0 Å². The van der Waals surface area contributed by atoms with E-state index >= 15 is 0 Å². The molecule has 0 aliphatic heterocycles. The highest BCUT2D eigenvalue weighted by Gasteiger charge is 1.96. The number of carbonyl (C=O) groups excluding carboxylic acids is 1. The van der Waals surface area contributed by atoms with Crippen molar-refractivity contribution < 1.29 is 14.7 Å². The summed E-state index contributed by atoms with van der Waals surface area (Å²) in [6, 6.07) is 0. The van der Waals surface area contributed by atoms with Crippen LogP contribution in [0.25, 0.3) is 0 Å². The third kappa shape index (κ3) is 12.9. The number of aliphatic carboxylic acids is 1. The van der Waals surface area contributed by atoms with Crippen molar-refractivity contribution in [1.29, 1.82) is 0 Å². The van der Waals surface area contributed by atoms with Gasteiger partial charge in [0.05, 0.1) is 0 Å². The SMILES string of the molecule is CC(=O)NCCCCCCCCC(=O)O. The van der Waals surface area contributed by atoms with Crippen LogP contribution in [0.15, 0.2) is 0 Å². The molecule has 15 heavy (non-hydrogen) atoms. The summed E-state index contributed by atoms with van der Waals surface area (Å²) in [6.07, 6.45) is 6.39. The molecular weight excluding hydrogens is 194 g/mol. The molecule has 0 spiro atoms. The van der Waals surface area contributed by atoms with E-state index in [0.717, 1.165) is 45.1 Å². The molecule has 0 rings (SSSR count). The van der Waals surface area contributed by atoms with Crippen LogP contribution in [0, 0.1) is 0 Å². The first-order valence-electron chi connectivity index (χ1n) is 5.59. The molecule has 4 nitrogen and oxygen atoms in total. The van der Waals surface area contributed by atoms with Crippen molar-refractivity contribution in [2.75, 3.05) is 6.54 Å². The van der Waals surface area contributed by atoms with Crippen molar-refractivity contribution in [2.24, 2.45) is 0 Å². The summed E-state index contributed by atoms with van der Waals surface area (Å²) in [6.45, 7) is 2.27. The van der Waals surface area contributed by atoms with Crippen LogP contribution >= 0.6 is 0 Å². The van der Waals surface area contributed by atoms with E-state index in [0.29, 0.717) is 0 Å². The van der Waals surface area contributed by atoms with Crippen molar-refractivity contribution in [2.45, 2.75) is 51.9 Å². The van der Waals surface area contributed by atoms with E-state index in [1.54, 1.807) is 0 Å². The largest absolute Gasteiger partial charge is 0.481 e. The molecule has 0 aliphatic rings. The Balaban J connectivity index is 2.99. The topological polar surface area (TPSA) is 66.4 Å². The number of carboxylic acid groups (broad SMARTS) is 1. The van der Waals surface area contributed by atoms with Gasteiger partial charge >= 0.3 is 5.97 Å².